The molecule has 2 aromatic rings. The van der Waals surface area contributed by atoms with Crippen molar-refractivity contribution >= 4 is 17.4 Å². The van der Waals surface area contributed by atoms with Crippen molar-refractivity contribution in [3.8, 4) is 17.2 Å². The van der Waals surface area contributed by atoms with E-state index in [0.29, 0.717) is 46.6 Å². The minimum absolute atomic E-state index is 0.0181. The number of hydrogen-bond donors (Lipinski definition) is 0. The average Bonchev–Trinajstić information content (AvgIpc) is 2.87. The third-order valence-electron chi connectivity index (χ3n) is 7.63. The van der Waals surface area contributed by atoms with Crippen molar-refractivity contribution in [1.29, 1.82) is 0 Å². The molecule has 39 heavy (non-hydrogen) atoms. The second kappa shape index (κ2) is 12.6. The lowest BCUT2D eigenvalue weighted by molar-refractivity contribution is -0.384. The monoisotopic (exact) mass is 539 g/mol. The number of nitro groups is 1. The molecule has 0 aromatic heterocycles. The molecule has 0 fully saturated rings. The molecule has 0 N–H and O–H groups in total. The van der Waals surface area contributed by atoms with Crippen molar-refractivity contribution in [3.05, 3.63) is 56.6 Å². The average molecular weight is 540 g/mol. The summed E-state index contributed by atoms with van der Waals surface area (Å²) in [6.07, 6.45) is 5.05. The predicted molar refractivity (Wildman–Crippen MR) is 150 cm³/mol. The molecule has 0 saturated heterocycles. The highest BCUT2D eigenvalue weighted by molar-refractivity contribution is 6.03. The van der Waals surface area contributed by atoms with Gasteiger partial charge in [0, 0.05) is 24.6 Å². The van der Waals surface area contributed by atoms with Crippen molar-refractivity contribution in [3.63, 3.8) is 0 Å². The second-order valence-electron chi connectivity index (χ2n) is 11.4. The standard InChI is InChI=1S/C31H41NO7/c1-19(2)9-8-10-20(3)15-16-31(18-37-26-13-11-25(12-14-26)32(35)36)17-27(34)28-23(6)29(38-24(7)33)21(4)22(5)30(28)39-31/h11-14,19-20H,8-10,15-18H2,1-7H3. The Morgan fingerprint density at radius 3 is 2.31 bits per heavy atom. The Balaban J connectivity index is 1.91. The maximum absolute atomic E-state index is 13.7. The number of ketones is 1. The normalized spacial score (nSPS) is 17.4. The van der Waals surface area contributed by atoms with Crippen LogP contribution >= 0.6 is 0 Å². The van der Waals surface area contributed by atoms with Crippen LogP contribution in [0.4, 0.5) is 5.69 Å². The first-order chi connectivity index (χ1) is 18.3. The van der Waals surface area contributed by atoms with Crippen LogP contribution in [0, 0.1) is 42.7 Å². The first kappa shape index (κ1) is 30.1. The summed E-state index contributed by atoms with van der Waals surface area (Å²) in [7, 11) is 0. The Bertz CT molecular complexity index is 1220. The summed E-state index contributed by atoms with van der Waals surface area (Å²) in [4.78, 5) is 36.0. The maximum atomic E-state index is 13.7. The van der Waals surface area contributed by atoms with Crippen LogP contribution in [-0.2, 0) is 4.79 Å². The maximum Gasteiger partial charge on any atom is 0.308 e. The Morgan fingerprint density at radius 2 is 1.72 bits per heavy atom. The lowest BCUT2D eigenvalue weighted by Crippen LogP contribution is -2.48. The Kier molecular flexibility index (Phi) is 9.75. The van der Waals surface area contributed by atoms with Crippen LogP contribution in [0.1, 0.15) is 93.3 Å². The lowest BCUT2D eigenvalue weighted by atomic mass is 9.81. The number of nitro benzene ring substituents is 1. The van der Waals surface area contributed by atoms with E-state index in [0.717, 1.165) is 30.4 Å². The van der Waals surface area contributed by atoms with Crippen LogP contribution in [0.25, 0.3) is 0 Å². The molecule has 2 atom stereocenters. The molecule has 1 aliphatic rings. The van der Waals surface area contributed by atoms with Gasteiger partial charge in [-0.25, -0.2) is 0 Å². The number of esters is 1. The van der Waals surface area contributed by atoms with Gasteiger partial charge < -0.3 is 14.2 Å². The van der Waals surface area contributed by atoms with Gasteiger partial charge in [-0.3, -0.25) is 19.7 Å². The molecule has 8 heteroatoms. The number of nitrogens with zero attached hydrogens (tertiary/aromatic N) is 1. The zero-order chi connectivity index (χ0) is 28.9. The number of Topliss-reactive ketones (excluding diaryl/α,β-unsaturated/α-hetero) is 1. The fourth-order valence-electron chi connectivity index (χ4n) is 5.19. The van der Waals surface area contributed by atoms with Crippen LogP contribution in [0.5, 0.6) is 17.2 Å². The van der Waals surface area contributed by atoms with Gasteiger partial charge in [0.2, 0.25) is 0 Å². The molecule has 0 aliphatic carbocycles. The van der Waals surface area contributed by atoms with Crippen LogP contribution in [0.2, 0.25) is 0 Å². The molecule has 1 heterocycles. The zero-order valence-corrected chi connectivity index (χ0v) is 24.2. The summed E-state index contributed by atoms with van der Waals surface area (Å²) in [6.45, 7) is 13.7. The minimum atomic E-state index is -0.898. The molecule has 0 bridgehead atoms. The molecule has 1 aliphatic heterocycles. The molecule has 2 unspecified atom stereocenters. The largest absolute Gasteiger partial charge is 0.489 e. The van der Waals surface area contributed by atoms with Crippen LogP contribution < -0.4 is 14.2 Å². The van der Waals surface area contributed by atoms with Gasteiger partial charge >= 0.3 is 5.97 Å². The number of non-ortho nitro benzene ring substituents is 1. The Hall–Kier alpha value is -3.42. The molecule has 0 saturated carbocycles. The number of ether oxygens (including phenoxy) is 3. The zero-order valence-electron chi connectivity index (χ0n) is 24.2. The van der Waals surface area contributed by atoms with E-state index in [1.165, 1.54) is 25.5 Å². The molecule has 3 rings (SSSR count). The van der Waals surface area contributed by atoms with E-state index >= 15 is 0 Å². The van der Waals surface area contributed by atoms with E-state index in [1.54, 1.807) is 19.1 Å². The van der Waals surface area contributed by atoms with E-state index in [-0.39, 0.29) is 24.5 Å². The quantitative estimate of drug-likeness (QED) is 0.119. The van der Waals surface area contributed by atoms with Crippen molar-refractivity contribution in [2.45, 2.75) is 92.6 Å². The first-order valence-electron chi connectivity index (χ1n) is 13.7. The van der Waals surface area contributed by atoms with Gasteiger partial charge in [0.25, 0.3) is 5.69 Å². The molecule has 8 nitrogen and oxygen atoms in total. The van der Waals surface area contributed by atoms with E-state index in [4.69, 9.17) is 14.2 Å². The summed E-state index contributed by atoms with van der Waals surface area (Å²) < 4.78 is 18.3. The number of fused-ring (bicyclic) bond motifs is 1. The fraction of sp³-hybridized carbons (Fsp3) is 0.548. The molecule has 2 aromatic carbocycles. The van der Waals surface area contributed by atoms with E-state index in [9.17, 15) is 19.7 Å². The van der Waals surface area contributed by atoms with Gasteiger partial charge in [-0.1, -0.05) is 40.0 Å². The van der Waals surface area contributed by atoms with Crippen molar-refractivity contribution in [1.82, 2.24) is 0 Å². The summed E-state index contributed by atoms with van der Waals surface area (Å²) in [5.41, 5.74) is 1.64. The molecule has 0 amide bonds. The highest BCUT2D eigenvalue weighted by Crippen LogP contribution is 2.45. The Morgan fingerprint density at radius 1 is 1.05 bits per heavy atom. The number of carbonyl (C=O) groups is 2. The van der Waals surface area contributed by atoms with Crippen LogP contribution in [0.3, 0.4) is 0 Å². The summed E-state index contributed by atoms with van der Waals surface area (Å²) >= 11 is 0. The SMILES string of the molecule is CC(=O)Oc1c(C)c(C)c2c(c1C)C(=O)CC(CCC(C)CCCC(C)C)(COc1ccc([N+](=O)[O-])cc1)O2. The predicted octanol–water partition coefficient (Wildman–Crippen LogP) is 7.47. The van der Waals surface area contributed by atoms with Gasteiger partial charge in [0.05, 0.1) is 16.9 Å². The van der Waals surface area contributed by atoms with E-state index in [1.807, 2.05) is 13.8 Å². The third-order valence-corrected chi connectivity index (χ3v) is 7.63. The fourth-order valence-corrected chi connectivity index (χ4v) is 5.19. The van der Waals surface area contributed by atoms with Gasteiger partial charge in [0.15, 0.2) is 11.4 Å². The first-order valence-corrected chi connectivity index (χ1v) is 13.7. The van der Waals surface area contributed by atoms with Gasteiger partial charge in [0.1, 0.15) is 23.9 Å². The van der Waals surface area contributed by atoms with Gasteiger partial charge in [-0.2, -0.15) is 0 Å². The van der Waals surface area contributed by atoms with Crippen LogP contribution in [0.15, 0.2) is 24.3 Å². The van der Waals surface area contributed by atoms with Crippen molar-refractivity contribution in [2.24, 2.45) is 11.8 Å². The summed E-state index contributed by atoms with van der Waals surface area (Å²) in [5.74, 6) is 1.99. The van der Waals surface area contributed by atoms with E-state index in [2.05, 4.69) is 20.8 Å². The highest BCUT2D eigenvalue weighted by Gasteiger charge is 2.44. The number of carbonyl (C=O) groups excluding carboxylic acids is 2. The Labute approximate surface area is 231 Å². The molecular formula is C31H41NO7. The van der Waals surface area contributed by atoms with Crippen molar-refractivity contribution < 1.29 is 28.7 Å². The number of rotatable bonds is 12. The van der Waals surface area contributed by atoms with Gasteiger partial charge in [-0.15, -0.1) is 0 Å². The minimum Gasteiger partial charge on any atom is -0.489 e. The topological polar surface area (TPSA) is 105 Å². The lowest BCUT2D eigenvalue weighted by Gasteiger charge is -2.40. The molecule has 0 spiro atoms. The smallest absolute Gasteiger partial charge is 0.308 e. The molecule has 212 valence electrons. The van der Waals surface area contributed by atoms with Crippen molar-refractivity contribution in [2.75, 3.05) is 6.61 Å². The molecule has 0 radical (unpaired) electrons. The summed E-state index contributed by atoms with van der Waals surface area (Å²) in [6, 6.07) is 5.91. The van der Waals surface area contributed by atoms with Gasteiger partial charge in [-0.05, 0) is 68.7 Å². The highest BCUT2D eigenvalue weighted by atomic mass is 16.6. The second-order valence-corrected chi connectivity index (χ2v) is 11.4. The summed E-state index contributed by atoms with van der Waals surface area (Å²) in [5, 5.41) is 11.0. The van der Waals surface area contributed by atoms with E-state index < -0.39 is 16.5 Å². The number of benzene rings is 2. The molecular weight excluding hydrogens is 498 g/mol. The van der Waals surface area contributed by atoms with Crippen LogP contribution in [-0.4, -0.2) is 28.9 Å². The third kappa shape index (κ3) is 7.37. The number of hydrogen-bond acceptors (Lipinski definition) is 7.